The summed E-state index contributed by atoms with van der Waals surface area (Å²) in [4.78, 5) is 21.9. The quantitative estimate of drug-likeness (QED) is 0.0907. The molecule has 1 fully saturated rings. The highest BCUT2D eigenvalue weighted by Crippen LogP contribution is 2.36. The molecule has 0 saturated carbocycles. The SMILES string of the molecule is O=C(NS(=O)(=O)c1ccc(NCCSc2ccccc2)c(C(F)(F)F)c1)c1ccc(N2CCN(Cc3ccccc3-c3cncc(O)c3)CC2)cc1. The number of nitrogens with zero attached hydrogens (tertiary/aromatic N) is 3. The van der Waals surface area contributed by atoms with E-state index in [4.69, 9.17) is 0 Å². The Morgan fingerprint density at radius 3 is 2.29 bits per heavy atom. The van der Waals surface area contributed by atoms with Crippen LogP contribution in [0.1, 0.15) is 21.5 Å². The number of amides is 1. The maximum Gasteiger partial charge on any atom is 0.418 e. The lowest BCUT2D eigenvalue weighted by Crippen LogP contribution is -2.46. The van der Waals surface area contributed by atoms with Gasteiger partial charge in [-0.05, 0) is 71.8 Å². The maximum absolute atomic E-state index is 14.0. The standard InChI is InChI=1S/C38H36F3N5O4S2/c39-38(40,41)35-23-33(14-15-36(35)43-16-21-51-32-7-2-1-3-8-32)52(49,50)44-37(48)27-10-12-30(13-11-27)46-19-17-45(18-20-46)26-28-6-4-5-9-34(28)29-22-31(47)25-42-24-29/h1-15,22-25,43,47H,16-21,26H2,(H,44,48). The number of halogens is 3. The van der Waals surface area contributed by atoms with Crippen molar-refractivity contribution in [1.82, 2.24) is 14.6 Å². The average Bonchev–Trinajstić information content (AvgIpc) is 3.14. The lowest BCUT2D eigenvalue weighted by atomic mass is 10.0. The summed E-state index contributed by atoms with van der Waals surface area (Å²) in [6.45, 7) is 3.90. The van der Waals surface area contributed by atoms with Gasteiger partial charge in [0.1, 0.15) is 5.75 Å². The van der Waals surface area contributed by atoms with Crippen molar-refractivity contribution < 1.29 is 31.5 Å². The monoisotopic (exact) mass is 747 g/mol. The van der Waals surface area contributed by atoms with E-state index in [2.05, 4.69) is 26.2 Å². The van der Waals surface area contributed by atoms with Gasteiger partial charge in [0.15, 0.2) is 0 Å². The summed E-state index contributed by atoms with van der Waals surface area (Å²) in [6.07, 6.45) is -1.71. The second-order valence-electron chi connectivity index (χ2n) is 12.1. The number of benzene rings is 4. The van der Waals surface area contributed by atoms with Crippen LogP contribution >= 0.6 is 11.8 Å². The molecule has 270 valence electrons. The lowest BCUT2D eigenvalue weighted by Gasteiger charge is -2.36. The van der Waals surface area contributed by atoms with Crippen molar-refractivity contribution in [2.45, 2.75) is 22.5 Å². The Labute approximate surface area is 304 Å². The number of hydrogen-bond acceptors (Lipinski definition) is 9. The van der Waals surface area contributed by atoms with E-state index in [0.717, 1.165) is 52.5 Å². The summed E-state index contributed by atoms with van der Waals surface area (Å²) in [7, 11) is -4.62. The van der Waals surface area contributed by atoms with Gasteiger partial charge in [-0.3, -0.25) is 14.7 Å². The van der Waals surface area contributed by atoms with Crippen molar-refractivity contribution in [2.24, 2.45) is 0 Å². The minimum atomic E-state index is -4.83. The number of aromatic hydroxyl groups is 1. The molecule has 3 N–H and O–H groups in total. The van der Waals surface area contributed by atoms with E-state index in [1.54, 1.807) is 24.4 Å². The summed E-state index contributed by atoms with van der Waals surface area (Å²) >= 11 is 1.47. The van der Waals surface area contributed by atoms with Crippen molar-refractivity contribution in [2.75, 3.05) is 48.7 Å². The highest BCUT2D eigenvalue weighted by atomic mass is 32.2. The average molecular weight is 748 g/mol. The first kappa shape index (κ1) is 36.7. The van der Waals surface area contributed by atoms with Crippen molar-refractivity contribution in [3.63, 3.8) is 0 Å². The summed E-state index contributed by atoms with van der Waals surface area (Å²) in [6, 6.07) is 28.2. The van der Waals surface area contributed by atoms with E-state index < -0.39 is 32.6 Å². The maximum atomic E-state index is 14.0. The van der Waals surface area contributed by atoms with E-state index in [1.807, 2.05) is 53.3 Å². The lowest BCUT2D eigenvalue weighted by molar-refractivity contribution is -0.137. The molecule has 1 saturated heterocycles. The Morgan fingerprint density at radius 2 is 1.58 bits per heavy atom. The molecule has 9 nitrogen and oxygen atoms in total. The number of thioether (sulfide) groups is 1. The first-order chi connectivity index (χ1) is 25.0. The molecule has 1 aliphatic rings. The number of alkyl halides is 3. The van der Waals surface area contributed by atoms with Crippen LogP contribution in [-0.4, -0.2) is 67.8 Å². The second kappa shape index (κ2) is 16.1. The molecule has 0 aliphatic carbocycles. The van der Waals surface area contributed by atoms with Crippen LogP contribution in [0, 0.1) is 0 Å². The topological polar surface area (TPSA) is 115 Å². The van der Waals surface area contributed by atoms with Gasteiger partial charge in [-0.15, -0.1) is 11.8 Å². The van der Waals surface area contributed by atoms with Crippen LogP contribution in [0.3, 0.4) is 0 Å². The molecule has 14 heteroatoms. The van der Waals surface area contributed by atoms with Crippen LogP contribution in [0.4, 0.5) is 24.5 Å². The first-order valence-electron chi connectivity index (χ1n) is 16.5. The van der Waals surface area contributed by atoms with Crippen molar-refractivity contribution >= 4 is 39.1 Å². The molecule has 1 aliphatic heterocycles. The van der Waals surface area contributed by atoms with Crippen LogP contribution in [0.2, 0.25) is 0 Å². The van der Waals surface area contributed by atoms with E-state index in [9.17, 15) is 31.5 Å². The zero-order valence-electron chi connectivity index (χ0n) is 27.9. The van der Waals surface area contributed by atoms with Crippen LogP contribution in [0.5, 0.6) is 5.75 Å². The van der Waals surface area contributed by atoms with Crippen LogP contribution in [0.25, 0.3) is 11.1 Å². The zero-order valence-corrected chi connectivity index (χ0v) is 29.5. The fraction of sp³-hybridized carbons (Fsp3) is 0.211. The zero-order chi connectivity index (χ0) is 36.7. The molecule has 0 bridgehead atoms. The van der Waals surface area contributed by atoms with Crippen molar-refractivity contribution in [3.05, 3.63) is 132 Å². The number of carbonyl (C=O) groups is 1. The number of anilines is 2. The molecular formula is C38H36F3N5O4S2. The Kier molecular flexibility index (Phi) is 11.4. The molecule has 2 heterocycles. The largest absolute Gasteiger partial charge is 0.506 e. The third-order valence-electron chi connectivity index (χ3n) is 8.58. The first-order valence-corrected chi connectivity index (χ1v) is 18.9. The molecule has 52 heavy (non-hydrogen) atoms. The van der Waals surface area contributed by atoms with Crippen LogP contribution in [-0.2, 0) is 22.7 Å². The van der Waals surface area contributed by atoms with Gasteiger partial charge >= 0.3 is 6.18 Å². The Morgan fingerprint density at radius 1 is 0.865 bits per heavy atom. The Hall–Kier alpha value is -5.05. The van der Waals surface area contributed by atoms with Gasteiger partial charge in [-0.1, -0.05) is 42.5 Å². The number of hydrogen-bond donors (Lipinski definition) is 3. The third kappa shape index (κ3) is 9.24. The second-order valence-corrected chi connectivity index (χ2v) is 15.0. The molecule has 1 amide bonds. The number of sulfonamides is 1. The smallest absolute Gasteiger partial charge is 0.418 e. The molecule has 0 atom stereocenters. The van der Waals surface area contributed by atoms with Crippen LogP contribution in [0.15, 0.2) is 125 Å². The van der Waals surface area contributed by atoms with E-state index in [1.165, 1.54) is 30.1 Å². The predicted molar refractivity (Wildman–Crippen MR) is 197 cm³/mol. The summed E-state index contributed by atoms with van der Waals surface area (Å²) in [5.74, 6) is -0.359. The van der Waals surface area contributed by atoms with E-state index in [-0.39, 0.29) is 23.5 Å². The fourth-order valence-electron chi connectivity index (χ4n) is 5.93. The van der Waals surface area contributed by atoms with E-state index in [0.29, 0.717) is 31.5 Å². The molecule has 5 aromatic rings. The number of carbonyl (C=O) groups excluding carboxylic acids is 1. The minimum Gasteiger partial charge on any atom is -0.506 e. The minimum absolute atomic E-state index is 0.0502. The van der Waals surface area contributed by atoms with Gasteiger partial charge in [0.05, 0.1) is 16.7 Å². The molecule has 0 radical (unpaired) electrons. The number of pyridine rings is 1. The van der Waals surface area contributed by atoms with Crippen molar-refractivity contribution in [3.8, 4) is 16.9 Å². The summed E-state index contributed by atoms with van der Waals surface area (Å²) in [5.41, 5.74) is 2.47. The molecule has 0 unspecified atom stereocenters. The molecule has 6 rings (SSSR count). The van der Waals surface area contributed by atoms with Crippen molar-refractivity contribution in [1.29, 1.82) is 0 Å². The third-order valence-corrected chi connectivity index (χ3v) is 10.9. The van der Waals surface area contributed by atoms with Gasteiger partial charge < -0.3 is 15.3 Å². The van der Waals surface area contributed by atoms with E-state index >= 15 is 0 Å². The normalized spacial score (nSPS) is 13.9. The Bertz CT molecular complexity index is 2110. The van der Waals surface area contributed by atoms with Gasteiger partial charge in [-0.25, -0.2) is 13.1 Å². The molecule has 0 spiro atoms. The highest BCUT2D eigenvalue weighted by molar-refractivity contribution is 7.99. The number of aromatic nitrogens is 1. The summed E-state index contributed by atoms with van der Waals surface area (Å²) < 4.78 is 70.0. The Balaban J connectivity index is 1.04. The summed E-state index contributed by atoms with van der Waals surface area (Å²) in [5, 5.41) is 12.7. The number of piperazine rings is 1. The fourth-order valence-corrected chi connectivity index (χ4v) is 7.72. The highest BCUT2D eigenvalue weighted by Gasteiger charge is 2.35. The number of nitrogens with one attached hydrogen (secondary N) is 2. The molecule has 4 aromatic carbocycles. The van der Waals surface area contributed by atoms with Gasteiger partial charge in [0.2, 0.25) is 0 Å². The van der Waals surface area contributed by atoms with Crippen LogP contribution < -0.4 is 14.9 Å². The molecular weight excluding hydrogens is 712 g/mol. The molecule has 1 aromatic heterocycles. The van der Waals surface area contributed by atoms with Gasteiger partial charge in [-0.2, -0.15) is 13.2 Å². The van der Waals surface area contributed by atoms with Gasteiger partial charge in [0, 0.05) is 78.6 Å². The number of rotatable bonds is 12. The predicted octanol–water partition coefficient (Wildman–Crippen LogP) is 7.12. The van der Waals surface area contributed by atoms with Gasteiger partial charge in [0.25, 0.3) is 15.9 Å².